The average Bonchev–Trinajstić information content (AvgIpc) is 3.00. The number of aliphatic imine (C=N–C) groups is 1. The summed E-state index contributed by atoms with van der Waals surface area (Å²) >= 11 is 0. The van der Waals surface area contributed by atoms with Crippen molar-refractivity contribution in [2.75, 3.05) is 5.32 Å². The number of para-hydroxylation sites is 3. The van der Waals surface area contributed by atoms with Gasteiger partial charge in [0.05, 0.1) is 17.8 Å². The van der Waals surface area contributed by atoms with E-state index >= 15 is 0 Å². The Labute approximate surface area is 136 Å². The molecule has 1 fully saturated rings. The van der Waals surface area contributed by atoms with Gasteiger partial charge < -0.3 is 15.4 Å². The Bertz CT molecular complexity index is 699. The summed E-state index contributed by atoms with van der Waals surface area (Å²) in [5, 5.41) is 6.92. The SMILES string of the molecule is c1ccc(Oc2ccccc2NC2=N[C@@H]3CCCCC3N2)cc1. The highest BCUT2D eigenvalue weighted by Gasteiger charge is 2.30. The summed E-state index contributed by atoms with van der Waals surface area (Å²) in [6, 6.07) is 18.7. The summed E-state index contributed by atoms with van der Waals surface area (Å²) in [5.41, 5.74) is 0.932. The zero-order valence-corrected chi connectivity index (χ0v) is 13.0. The van der Waals surface area contributed by atoms with Gasteiger partial charge in [0, 0.05) is 0 Å². The maximum atomic E-state index is 5.99. The Morgan fingerprint density at radius 2 is 1.74 bits per heavy atom. The Hall–Kier alpha value is -2.49. The van der Waals surface area contributed by atoms with Crippen molar-refractivity contribution < 1.29 is 4.74 Å². The average molecular weight is 307 g/mol. The van der Waals surface area contributed by atoms with Crippen molar-refractivity contribution in [3.05, 3.63) is 54.6 Å². The van der Waals surface area contributed by atoms with Gasteiger partial charge in [0.2, 0.25) is 0 Å². The lowest BCUT2D eigenvalue weighted by molar-refractivity contribution is 0.384. The third-order valence-corrected chi connectivity index (χ3v) is 4.46. The van der Waals surface area contributed by atoms with Crippen molar-refractivity contribution in [2.24, 2.45) is 4.99 Å². The summed E-state index contributed by atoms with van der Waals surface area (Å²) < 4.78 is 5.99. The van der Waals surface area contributed by atoms with Gasteiger partial charge in [-0.05, 0) is 37.1 Å². The molecule has 0 bridgehead atoms. The number of hydrogen-bond donors (Lipinski definition) is 2. The molecule has 4 rings (SSSR count). The molecular weight excluding hydrogens is 286 g/mol. The number of hydrogen-bond acceptors (Lipinski definition) is 4. The van der Waals surface area contributed by atoms with Gasteiger partial charge in [0.15, 0.2) is 11.7 Å². The van der Waals surface area contributed by atoms with Crippen molar-refractivity contribution in [3.8, 4) is 11.5 Å². The first-order valence-corrected chi connectivity index (χ1v) is 8.32. The van der Waals surface area contributed by atoms with Crippen LogP contribution in [0.5, 0.6) is 11.5 Å². The summed E-state index contributed by atoms with van der Waals surface area (Å²) in [5.74, 6) is 2.50. The van der Waals surface area contributed by atoms with Crippen molar-refractivity contribution in [3.63, 3.8) is 0 Å². The fourth-order valence-corrected chi connectivity index (χ4v) is 3.28. The Morgan fingerprint density at radius 1 is 0.957 bits per heavy atom. The molecule has 0 radical (unpaired) electrons. The quantitative estimate of drug-likeness (QED) is 0.895. The van der Waals surface area contributed by atoms with E-state index in [1.165, 1.54) is 25.7 Å². The topological polar surface area (TPSA) is 45.6 Å². The zero-order valence-electron chi connectivity index (χ0n) is 13.0. The van der Waals surface area contributed by atoms with E-state index < -0.39 is 0 Å². The molecule has 23 heavy (non-hydrogen) atoms. The van der Waals surface area contributed by atoms with Gasteiger partial charge >= 0.3 is 0 Å². The molecule has 4 nitrogen and oxygen atoms in total. The number of ether oxygens (including phenoxy) is 1. The zero-order chi connectivity index (χ0) is 15.5. The molecule has 2 atom stereocenters. The van der Waals surface area contributed by atoms with E-state index in [9.17, 15) is 0 Å². The monoisotopic (exact) mass is 307 g/mol. The molecule has 2 N–H and O–H groups in total. The molecule has 1 saturated carbocycles. The van der Waals surface area contributed by atoms with Crippen molar-refractivity contribution in [1.29, 1.82) is 0 Å². The highest BCUT2D eigenvalue weighted by molar-refractivity contribution is 5.96. The van der Waals surface area contributed by atoms with Crippen LogP contribution in [-0.2, 0) is 0 Å². The van der Waals surface area contributed by atoms with Gasteiger partial charge in [0.1, 0.15) is 5.75 Å². The van der Waals surface area contributed by atoms with Crippen molar-refractivity contribution >= 4 is 11.6 Å². The molecule has 0 spiro atoms. The number of anilines is 1. The highest BCUT2D eigenvalue weighted by atomic mass is 16.5. The van der Waals surface area contributed by atoms with E-state index in [-0.39, 0.29) is 0 Å². The maximum Gasteiger partial charge on any atom is 0.196 e. The number of nitrogens with one attached hydrogen (secondary N) is 2. The van der Waals surface area contributed by atoms with Crippen LogP contribution in [0.1, 0.15) is 25.7 Å². The van der Waals surface area contributed by atoms with Gasteiger partial charge in [0.25, 0.3) is 0 Å². The van der Waals surface area contributed by atoms with Crippen molar-refractivity contribution in [2.45, 2.75) is 37.8 Å². The molecule has 0 amide bonds. The molecule has 1 heterocycles. The van der Waals surface area contributed by atoms with E-state index in [4.69, 9.17) is 9.73 Å². The number of nitrogens with zero attached hydrogens (tertiary/aromatic N) is 1. The molecule has 2 aliphatic rings. The van der Waals surface area contributed by atoms with Crippen LogP contribution in [0.2, 0.25) is 0 Å². The van der Waals surface area contributed by atoms with Crippen molar-refractivity contribution in [1.82, 2.24) is 5.32 Å². The summed E-state index contributed by atoms with van der Waals surface area (Å²) in [6.07, 6.45) is 4.98. The molecule has 2 aromatic rings. The summed E-state index contributed by atoms with van der Waals surface area (Å²) in [7, 11) is 0. The van der Waals surface area contributed by atoms with Crippen LogP contribution >= 0.6 is 0 Å². The van der Waals surface area contributed by atoms with Crippen LogP contribution in [0, 0.1) is 0 Å². The van der Waals surface area contributed by atoms with Gasteiger partial charge in [-0.3, -0.25) is 0 Å². The normalized spacial score (nSPS) is 22.7. The molecule has 0 saturated heterocycles. The van der Waals surface area contributed by atoms with Crippen LogP contribution in [0.25, 0.3) is 0 Å². The lowest BCUT2D eigenvalue weighted by atomic mass is 9.92. The smallest absolute Gasteiger partial charge is 0.196 e. The second-order valence-corrected chi connectivity index (χ2v) is 6.12. The third kappa shape index (κ3) is 3.16. The summed E-state index contributed by atoms with van der Waals surface area (Å²) in [4.78, 5) is 4.79. The number of fused-ring (bicyclic) bond motifs is 1. The van der Waals surface area contributed by atoms with Gasteiger partial charge in [-0.1, -0.05) is 43.2 Å². The van der Waals surface area contributed by atoms with Crippen LogP contribution < -0.4 is 15.4 Å². The number of guanidine groups is 1. The Kier molecular flexibility index (Phi) is 3.88. The van der Waals surface area contributed by atoms with E-state index in [2.05, 4.69) is 10.6 Å². The van der Waals surface area contributed by atoms with Crippen LogP contribution in [-0.4, -0.2) is 18.0 Å². The fraction of sp³-hybridized carbons (Fsp3) is 0.316. The predicted molar refractivity (Wildman–Crippen MR) is 93.2 cm³/mol. The molecule has 1 aliphatic carbocycles. The Morgan fingerprint density at radius 3 is 2.61 bits per heavy atom. The second-order valence-electron chi connectivity index (χ2n) is 6.12. The minimum absolute atomic E-state index is 0.424. The first kappa shape index (κ1) is 14.1. The largest absolute Gasteiger partial charge is 0.455 e. The molecule has 4 heteroatoms. The van der Waals surface area contributed by atoms with E-state index in [1.54, 1.807) is 0 Å². The lowest BCUT2D eigenvalue weighted by Gasteiger charge is -2.23. The summed E-state index contributed by atoms with van der Waals surface area (Å²) in [6.45, 7) is 0. The van der Waals surface area contributed by atoms with E-state index in [0.29, 0.717) is 12.1 Å². The van der Waals surface area contributed by atoms with Gasteiger partial charge in [-0.15, -0.1) is 0 Å². The first-order chi connectivity index (χ1) is 11.4. The first-order valence-electron chi connectivity index (χ1n) is 8.32. The number of benzene rings is 2. The van der Waals surface area contributed by atoms with Gasteiger partial charge in [-0.2, -0.15) is 0 Å². The molecular formula is C19H21N3O. The number of rotatable bonds is 3. The molecule has 0 aromatic heterocycles. The van der Waals surface area contributed by atoms with Crippen LogP contribution in [0.3, 0.4) is 0 Å². The standard InChI is InChI=1S/C19H21N3O/c1-2-8-14(9-3-1)23-18-13-7-6-12-17(18)22-19-20-15-10-4-5-11-16(15)21-19/h1-3,6-9,12-13,15-16H,4-5,10-11H2,(H2,20,21,22)/t15-,16?/m1/s1. The molecule has 118 valence electrons. The van der Waals surface area contributed by atoms with Crippen LogP contribution in [0.4, 0.5) is 5.69 Å². The maximum absolute atomic E-state index is 5.99. The molecule has 2 aromatic carbocycles. The van der Waals surface area contributed by atoms with Gasteiger partial charge in [-0.25, -0.2) is 4.99 Å². The van der Waals surface area contributed by atoms with E-state index in [0.717, 1.165) is 23.1 Å². The minimum atomic E-state index is 0.424. The lowest BCUT2D eigenvalue weighted by Crippen LogP contribution is -2.38. The fourth-order valence-electron chi connectivity index (χ4n) is 3.28. The van der Waals surface area contributed by atoms with Crippen LogP contribution in [0.15, 0.2) is 59.6 Å². The predicted octanol–water partition coefficient (Wildman–Crippen LogP) is 4.16. The molecule has 1 unspecified atom stereocenters. The molecule has 1 aliphatic heterocycles. The minimum Gasteiger partial charge on any atom is -0.455 e. The Balaban J connectivity index is 1.51. The third-order valence-electron chi connectivity index (χ3n) is 4.46. The highest BCUT2D eigenvalue weighted by Crippen LogP contribution is 2.30. The van der Waals surface area contributed by atoms with E-state index in [1.807, 2.05) is 54.6 Å². The second kappa shape index (κ2) is 6.32.